The van der Waals surface area contributed by atoms with Gasteiger partial charge in [-0.2, -0.15) is 5.10 Å². The van der Waals surface area contributed by atoms with Crippen LogP contribution in [0.4, 0.5) is 17.1 Å². The second-order valence-electron chi connectivity index (χ2n) is 6.66. The van der Waals surface area contributed by atoms with E-state index < -0.39 is 32.1 Å². The van der Waals surface area contributed by atoms with E-state index in [4.69, 9.17) is 0 Å². The quantitative estimate of drug-likeness (QED) is 0.370. The number of nitro groups is 3. The first-order valence-electron chi connectivity index (χ1n) is 8.97. The van der Waals surface area contributed by atoms with Crippen molar-refractivity contribution >= 4 is 28.7 Å². The Morgan fingerprint density at radius 1 is 0.750 bits per heavy atom. The van der Waals surface area contributed by atoms with Crippen LogP contribution < -0.4 is 5.43 Å². The summed E-state index contributed by atoms with van der Waals surface area (Å²) in [7, 11) is 0. The Bertz CT molecular complexity index is 1350. The molecule has 12 heteroatoms. The molecule has 0 saturated heterocycles. The average Bonchev–Trinajstić information content (AvgIpc) is 3.09. The molecule has 0 radical (unpaired) electrons. The highest BCUT2D eigenvalue weighted by Gasteiger charge is 2.36. The van der Waals surface area contributed by atoms with Gasteiger partial charge in [-0.15, -0.1) is 0 Å². The molecule has 0 spiro atoms. The molecule has 4 rings (SSSR count). The number of fused-ring (bicyclic) bond motifs is 3. The standard InChI is InChI=1S/C20H11N5O7/c26-20(11-4-2-1-3-5-11)22-21-19-15-8-12(23(27)28)6-7-14(15)18-16(19)9-13(24(29)30)10-17(18)25(31)32/h1-10H,(H,22,26). The van der Waals surface area contributed by atoms with Gasteiger partial charge in [-0.1, -0.05) is 18.2 Å². The zero-order valence-corrected chi connectivity index (χ0v) is 15.9. The zero-order valence-electron chi connectivity index (χ0n) is 15.9. The molecule has 158 valence electrons. The predicted molar refractivity (Wildman–Crippen MR) is 111 cm³/mol. The van der Waals surface area contributed by atoms with E-state index >= 15 is 0 Å². The smallest absolute Gasteiger partial charge is 0.267 e. The predicted octanol–water partition coefficient (Wildman–Crippen LogP) is 3.57. The molecule has 0 heterocycles. The van der Waals surface area contributed by atoms with Gasteiger partial charge in [0, 0.05) is 34.9 Å². The maximum absolute atomic E-state index is 12.4. The van der Waals surface area contributed by atoms with E-state index in [-0.39, 0.29) is 39.2 Å². The van der Waals surface area contributed by atoms with Crippen LogP contribution in [0.1, 0.15) is 21.5 Å². The number of rotatable bonds is 5. The number of carbonyl (C=O) groups excluding carboxylic acids is 1. The number of hydrogen-bond donors (Lipinski definition) is 1. The maximum Gasteiger partial charge on any atom is 0.284 e. The first-order chi connectivity index (χ1) is 15.3. The second kappa shape index (κ2) is 7.68. The lowest BCUT2D eigenvalue weighted by molar-refractivity contribution is -0.393. The van der Waals surface area contributed by atoms with Crippen LogP contribution in [0.5, 0.6) is 0 Å². The molecule has 0 bridgehead atoms. The van der Waals surface area contributed by atoms with E-state index in [2.05, 4.69) is 10.5 Å². The normalized spacial score (nSPS) is 12.7. The fraction of sp³-hybridized carbons (Fsp3) is 0. The minimum atomic E-state index is -0.793. The van der Waals surface area contributed by atoms with Crippen molar-refractivity contribution < 1.29 is 19.6 Å². The van der Waals surface area contributed by atoms with Crippen molar-refractivity contribution in [3.05, 3.63) is 108 Å². The summed E-state index contributed by atoms with van der Waals surface area (Å²) in [5.41, 5.74) is 1.51. The summed E-state index contributed by atoms with van der Waals surface area (Å²) in [6.45, 7) is 0. The van der Waals surface area contributed by atoms with Crippen molar-refractivity contribution in [3.63, 3.8) is 0 Å². The lowest BCUT2D eigenvalue weighted by Gasteiger charge is -2.04. The van der Waals surface area contributed by atoms with Crippen molar-refractivity contribution in [2.75, 3.05) is 0 Å². The molecule has 0 fully saturated rings. The Labute approximate surface area is 178 Å². The second-order valence-corrected chi connectivity index (χ2v) is 6.66. The van der Waals surface area contributed by atoms with Crippen molar-refractivity contribution in [1.82, 2.24) is 5.43 Å². The molecule has 0 atom stereocenters. The number of hydrazone groups is 1. The summed E-state index contributed by atoms with van der Waals surface area (Å²) >= 11 is 0. The summed E-state index contributed by atoms with van der Waals surface area (Å²) in [4.78, 5) is 44.4. The molecule has 0 aliphatic heterocycles. The van der Waals surface area contributed by atoms with E-state index in [1.54, 1.807) is 18.2 Å². The Morgan fingerprint density at radius 2 is 1.41 bits per heavy atom. The molecule has 3 aromatic carbocycles. The van der Waals surface area contributed by atoms with Gasteiger partial charge < -0.3 is 0 Å². The summed E-state index contributed by atoms with van der Waals surface area (Å²) < 4.78 is 0. The highest BCUT2D eigenvalue weighted by atomic mass is 16.6. The third-order valence-electron chi connectivity index (χ3n) is 4.81. The Morgan fingerprint density at radius 3 is 2.03 bits per heavy atom. The highest BCUT2D eigenvalue weighted by molar-refractivity contribution is 6.26. The van der Waals surface area contributed by atoms with Gasteiger partial charge in [-0.25, -0.2) is 5.43 Å². The van der Waals surface area contributed by atoms with Crippen molar-refractivity contribution in [1.29, 1.82) is 0 Å². The number of carbonyl (C=O) groups is 1. The van der Waals surface area contributed by atoms with Gasteiger partial charge in [0.2, 0.25) is 0 Å². The van der Waals surface area contributed by atoms with Crippen molar-refractivity contribution in [2.45, 2.75) is 0 Å². The van der Waals surface area contributed by atoms with Gasteiger partial charge in [0.15, 0.2) is 0 Å². The van der Waals surface area contributed by atoms with Crippen LogP contribution in [0.3, 0.4) is 0 Å². The van der Waals surface area contributed by atoms with Gasteiger partial charge in [0.1, 0.15) is 0 Å². The minimum Gasteiger partial charge on any atom is -0.267 e. The first-order valence-corrected chi connectivity index (χ1v) is 8.97. The molecule has 1 N–H and O–H groups in total. The van der Waals surface area contributed by atoms with Crippen LogP contribution >= 0.6 is 0 Å². The topological polar surface area (TPSA) is 171 Å². The number of nitrogens with zero attached hydrogens (tertiary/aromatic N) is 4. The number of nitro benzene ring substituents is 3. The minimum absolute atomic E-state index is 0.00904. The fourth-order valence-corrected chi connectivity index (χ4v) is 3.42. The van der Waals surface area contributed by atoms with E-state index in [9.17, 15) is 35.1 Å². The zero-order chi connectivity index (χ0) is 23.0. The van der Waals surface area contributed by atoms with Gasteiger partial charge in [-0.05, 0) is 23.8 Å². The van der Waals surface area contributed by atoms with Gasteiger partial charge in [-0.3, -0.25) is 35.1 Å². The molecular formula is C20H11N5O7. The number of non-ortho nitro benzene ring substituents is 2. The lowest BCUT2D eigenvalue weighted by Crippen LogP contribution is -2.20. The van der Waals surface area contributed by atoms with Gasteiger partial charge >= 0.3 is 0 Å². The Balaban J connectivity index is 1.93. The summed E-state index contributed by atoms with van der Waals surface area (Å²) in [5, 5.41) is 38.3. The fourth-order valence-electron chi connectivity index (χ4n) is 3.42. The van der Waals surface area contributed by atoms with Crippen LogP contribution in [0.2, 0.25) is 0 Å². The van der Waals surface area contributed by atoms with Crippen LogP contribution in [-0.2, 0) is 0 Å². The van der Waals surface area contributed by atoms with E-state index in [1.165, 1.54) is 24.3 Å². The Hall–Kier alpha value is -5.00. The summed E-state index contributed by atoms with van der Waals surface area (Å²) in [6, 6.07) is 13.6. The molecule has 3 aromatic rings. The Kier molecular flexibility index (Phi) is 4.87. The molecule has 12 nitrogen and oxygen atoms in total. The largest absolute Gasteiger partial charge is 0.284 e. The molecule has 0 unspecified atom stereocenters. The number of benzene rings is 3. The number of amides is 1. The van der Waals surface area contributed by atoms with E-state index in [0.717, 1.165) is 18.2 Å². The molecule has 32 heavy (non-hydrogen) atoms. The van der Waals surface area contributed by atoms with Crippen molar-refractivity contribution in [3.8, 4) is 11.1 Å². The number of hydrogen-bond acceptors (Lipinski definition) is 8. The maximum atomic E-state index is 12.4. The molecule has 1 aliphatic rings. The molecule has 1 aliphatic carbocycles. The number of nitrogens with one attached hydrogen (secondary N) is 1. The lowest BCUT2D eigenvalue weighted by atomic mass is 10.0. The summed E-state index contributed by atoms with van der Waals surface area (Å²) in [5.74, 6) is -0.599. The van der Waals surface area contributed by atoms with Gasteiger partial charge in [0.05, 0.1) is 32.1 Å². The third kappa shape index (κ3) is 3.41. The molecule has 0 aromatic heterocycles. The van der Waals surface area contributed by atoms with E-state index in [1.807, 2.05) is 0 Å². The first kappa shape index (κ1) is 20.3. The van der Waals surface area contributed by atoms with Gasteiger partial charge in [0.25, 0.3) is 23.0 Å². The monoisotopic (exact) mass is 433 g/mol. The van der Waals surface area contributed by atoms with Crippen LogP contribution in [0.25, 0.3) is 11.1 Å². The molecule has 0 saturated carbocycles. The third-order valence-corrected chi connectivity index (χ3v) is 4.81. The van der Waals surface area contributed by atoms with Crippen LogP contribution in [0, 0.1) is 30.3 Å². The van der Waals surface area contributed by atoms with E-state index in [0.29, 0.717) is 0 Å². The molecule has 1 amide bonds. The van der Waals surface area contributed by atoms with Crippen molar-refractivity contribution in [2.24, 2.45) is 5.10 Å². The SMILES string of the molecule is O=C(NN=C1c2cc([N+](=O)[O-])ccc2-c2c1cc([N+](=O)[O-])cc2[N+](=O)[O-])c1ccccc1. The molecular weight excluding hydrogens is 422 g/mol. The average molecular weight is 433 g/mol. The highest BCUT2D eigenvalue weighted by Crippen LogP contribution is 2.45. The van der Waals surface area contributed by atoms with Crippen LogP contribution in [0.15, 0.2) is 65.8 Å². The summed E-state index contributed by atoms with van der Waals surface area (Å²) in [6.07, 6.45) is 0. The van der Waals surface area contributed by atoms with Crippen LogP contribution in [-0.4, -0.2) is 26.4 Å².